The summed E-state index contributed by atoms with van der Waals surface area (Å²) in [7, 11) is 0. The van der Waals surface area contributed by atoms with Crippen molar-refractivity contribution < 1.29 is 18.7 Å². The van der Waals surface area contributed by atoms with Crippen LogP contribution in [0.2, 0.25) is 0 Å². The number of carbonyl (C=O) groups excluding carboxylic acids is 2. The molecule has 1 unspecified atom stereocenters. The van der Waals surface area contributed by atoms with Crippen LogP contribution < -0.4 is 10.6 Å². The van der Waals surface area contributed by atoms with Crippen LogP contribution >= 0.6 is 0 Å². The minimum absolute atomic E-state index is 0.0362. The number of nitrogens with one attached hydrogen (secondary N) is 2. The van der Waals surface area contributed by atoms with Crippen molar-refractivity contribution in [2.45, 2.75) is 58.6 Å². The number of hydrogen-bond donors (Lipinski definition) is 2. The van der Waals surface area contributed by atoms with Crippen molar-refractivity contribution in [3.63, 3.8) is 0 Å². The van der Waals surface area contributed by atoms with E-state index in [4.69, 9.17) is 4.74 Å². The number of ether oxygens (including phenoxy) is 1. The SMILES string of the molecule is CC(=O)N[C@@H]1C(C)(C)[C@@H]2C[C@@H]3[C@@H](CCNC(=O)c4cccc(F)c4)OCCC31C2. The monoisotopic (exact) mass is 402 g/mol. The Kier molecular flexibility index (Phi) is 5.18. The molecule has 2 amide bonds. The van der Waals surface area contributed by atoms with Crippen LogP contribution in [0, 0.1) is 28.5 Å². The van der Waals surface area contributed by atoms with Crippen molar-refractivity contribution >= 4 is 11.8 Å². The predicted molar refractivity (Wildman–Crippen MR) is 108 cm³/mol. The van der Waals surface area contributed by atoms with Gasteiger partial charge in [-0.05, 0) is 66.5 Å². The summed E-state index contributed by atoms with van der Waals surface area (Å²) in [5.41, 5.74) is 0.517. The number of halogens is 1. The van der Waals surface area contributed by atoms with E-state index in [0.29, 0.717) is 30.6 Å². The zero-order valence-corrected chi connectivity index (χ0v) is 17.5. The van der Waals surface area contributed by atoms with Crippen LogP contribution in [-0.4, -0.2) is 37.1 Å². The Bertz CT molecular complexity index is 811. The summed E-state index contributed by atoms with van der Waals surface area (Å²) in [5.74, 6) is 0.339. The fraction of sp³-hybridized carbons (Fsp3) is 0.652. The van der Waals surface area contributed by atoms with E-state index in [9.17, 15) is 14.0 Å². The zero-order valence-electron chi connectivity index (χ0n) is 17.5. The molecule has 4 rings (SSSR count). The molecule has 2 N–H and O–H groups in total. The molecule has 1 aromatic rings. The summed E-state index contributed by atoms with van der Waals surface area (Å²) >= 11 is 0. The summed E-state index contributed by atoms with van der Waals surface area (Å²) in [6.45, 7) is 7.36. The molecular formula is C23H31FN2O3. The largest absolute Gasteiger partial charge is 0.378 e. The first kappa shape index (κ1) is 20.3. The van der Waals surface area contributed by atoms with Crippen molar-refractivity contribution in [3.05, 3.63) is 35.6 Å². The van der Waals surface area contributed by atoms with E-state index >= 15 is 0 Å². The van der Waals surface area contributed by atoms with Crippen molar-refractivity contribution in [2.75, 3.05) is 13.2 Å². The molecular weight excluding hydrogens is 371 g/mol. The lowest BCUT2D eigenvalue weighted by Gasteiger charge is -2.53. The van der Waals surface area contributed by atoms with Gasteiger partial charge < -0.3 is 15.4 Å². The summed E-state index contributed by atoms with van der Waals surface area (Å²) in [4.78, 5) is 24.2. The number of hydrogen-bond acceptors (Lipinski definition) is 3. The quantitative estimate of drug-likeness (QED) is 0.794. The van der Waals surface area contributed by atoms with Gasteiger partial charge in [-0.2, -0.15) is 0 Å². The molecule has 2 aliphatic carbocycles. The third kappa shape index (κ3) is 3.45. The fourth-order valence-electron chi connectivity index (χ4n) is 6.46. The Labute approximate surface area is 171 Å². The lowest BCUT2D eigenvalue weighted by atomic mass is 9.59. The van der Waals surface area contributed by atoms with Gasteiger partial charge in [-0.3, -0.25) is 9.59 Å². The van der Waals surface area contributed by atoms with E-state index in [-0.39, 0.29) is 34.8 Å². The maximum Gasteiger partial charge on any atom is 0.251 e. The summed E-state index contributed by atoms with van der Waals surface area (Å²) in [6, 6.07) is 5.90. The fourth-order valence-corrected chi connectivity index (χ4v) is 6.46. The molecule has 1 heterocycles. The van der Waals surface area contributed by atoms with Gasteiger partial charge in [0.2, 0.25) is 5.91 Å². The van der Waals surface area contributed by atoms with Gasteiger partial charge >= 0.3 is 0 Å². The van der Waals surface area contributed by atoms with Gasteiger partial charge in [0, 0.05) is 31.7 Å². The molecule has 158 valence electrons. The second kappa shape index (κ2) is 7.38. The van der Waals surface area contributed by atoms with Crippen LogP contribution in [0.5, 0.6) is 0 Å². The van der Waals surface area contributed by atoms with E-state index in [2.05, 4.69) is 24.5 Å². The van der Waals surface area contributed by atoms with E-state index in [1.54, 1.807) is 13.0 Å². The van der Waals surface area contributed by atoms with Crippen molar-refractivity contribution in [3.8, 4) is 0 Å². The van der Waals surface area contributed by atoms with Gasteiger partial charge in [0.1, 0.15) is 5.82 Å². The standard InChI is InChI=1S/C23H31FN2O3/c1-14(27)26-21-22(2,3)16-12-18-19(29-10-8-23(18,21)13-16)7-9-25-20(28)15-5-4-6-17(24)11-15/h4-6,11,16,18-19,21H,7-10,12-13H2,1-3H3,(H,25,28)(H,26,27)/t16-,18-,19-,21-,23?/m1/s1. The number of rotatable bonds is 5. The van der Waals surface area contributed by atoms with E-state index in [1.165, 1.54) is 18.2 Å². The molecule has 1 saturated heterocycles. The van der Waals surface area contributed by atoms with Crippen LogP contribution in [0.1, 0.15) is 56.8 Å². The Morgan fingerprint density at radius 2 is 2.10 bits per heavy atom. The topological polar surface area (TPSA) is 67.4 Å². The predicted octanol–water partition coefficient (Wildman–Crippen LogP) is 3.29. The Morgan fingerprint density at radius 3 is 2.83 bits per heavy atom. The Morgan fingerprint density at radius 1 is 1.31 bits per heavy atom. The molecule has 1 aliphatic heterocycles. The van der Waals surface area contributed by atoms with Crippen molar-refractivity contribution in [1.29, 1.82) is 0 Å². The lowest BCUT2D eigenvalue weighted by Crippen LogP contribution is -2.60. The third-order valence-electron chi connectivity index (χ3n) is 7.77. The van der Waals surface area contributed by atoms with Gasteiger partial charge in [0.05, 0.1) is 6.10 Å². The first-order chi connectivity index (χ1) is 13.7. The molecule has 1 aromatic carbocycles. The highest BCUT2D eigenvalue weighted by Gasteiger charge is 2.68. The molecule has 3 aliphatic rings. The molecule has 6 heteroatoms. The summed E-state index contributed by atoms with van der Waals surface area (Å²) in [6.07, 6.45) is 4.05. The Balaban J connectivity index is 1.42. The highest BCUT2D eigenvalue weighted by molar-refractivity contribution is 5.94. The van der Waals surface area contributed by atoms with E-state index in [1.807, 2.05) is 0 Å². The second-order valence-corrected chi connectivity index (χ2v) is 9.65. The van der Waals surface area contributed by atoms with Gasteiger partial charge in [-0.25, -0.2) is 4.39 Å². The third-order valence-corrected chi connectivity index (χ3v) is 7.77. The van der Waals surface area contributed by atoms with Crippen molar-refractivity contribution in [2.24, 2.45) is 22.7 Å². The summed E-state index contributed by atoms with van der Waals surface area (Å²) < 4.78 is 19.5. The van der Waals surface area contributed by atoms with Gasteiger partial charge in [-0.15, -0.1) is 0 Å². The Hall–Kier alpha value is -1.95. The van der Waals surface area contributed by atoms with Gasteiger partial charge in [0.25, 0.3) is 5.91 Å². The van der Waals surface area contributed by atoms with Crippen LogP contribution in [0.25, 0.3) is 0 Å². The molecule has 5 atom stereocenters. The second-order valence-electron chi connectivity index (χ2n) is 9.65. The van der Waals surface area contributed by atoms with E-state index in [0.717, 1.165) is 25.7 Å². The van der Waals surface area contributed by atoms with Crippen molar-refractivity contribution in [1.82, 2.24) is 10.6 Å². The normalized spacial score (nSPS) is 34.5. The highest BCUT2D eigenvalue weighted by atomic mass is 19.1. The van der Waals surface area contributed by atoms with Crippen LogP contribution in [0.15, 0.2) is 24.3 Å². The van der Waals surface area contributed by atoms with Gasteiger partial charge in [0.15, 0.2) is 0 Å². The van der Waals surface area contributed by atoms with Crippen LogP contribution in [0.3, 0.4) is 0 Å². The average molecular weight is 403 g/mol. The molecule has 2 bridgehead atoms. The van der Waals surface area contributed by atoms with Crippen LogP contribution in [0.4, 0.5) is 4.39 Å². The van der Waals surface area contributed by atoms with E-state index < -0.39 is 5.82 Å². The molecule has 1 spiro atoms. The maximum absolute atomic E-state index is 13.3. The smallest absolute Gasteiger partial charge is 0.251 e. The average Bonchev–Trinajstić information content (AvgIpc) is 3.15. The first-order valence-corrected chi connectivity index (χ1v) is 10.7. The minimum Gasteiger partial charge on any atom is -0.378 e. The molecule has 2 saturated carbocycles. The molecule has 0 aromatic heterocycles. The molecule has 29 heavy (non-hydrogen) atoms. The lowest BCUT2D eigenvalue weighted by molar-refractivity contribution is -0.135. The highest BCUT2D eigenvalue weighted by Crippen LogP contribution is 2.68. The summed E-state index contributed by atoms with van der Waals surface area (Å²) in [5, 5.41) is 6.17. The van der Waals surface area contributed by atoms with Gasteiger partial charge in [-0.1, -0.05) is 19.9 Å². The molecule has 3 fully saturated rings. The number of carbonyl (C=O) groups is 2. The molecule has 5 nitrogen and oxygen atoms in total. The number of fused-ring (bicyclic) bond motifs is 1. The number of amides is 2. The number of benzene rings is 1. The van der Waals surface area contributed by atoms with Crippen LogP contribution in [-0.2, 0) is 9.53 Å². The zero-order chi connectivity index (χ0) is 20.8. The first-order valence-electron chi connectivity index (χ1n) is 10.7. The minimum atomic E-state index is -0.413. The maximum atomic E-state index is 13.3. The molecule has 0 radical (unpaired) electrons.